The monoisotopic (exact) mass is 383 g/mol. The van der Waals surface area contributed by atoms with Gasteiger partial charge in [-0.05, 0) is 30.9 Å². The topological polar surface area (TPSA) is 36.4 Å². The third-order valence-electron chi connectivity index (χ3n) is 5.68. The Balaban J connectivity index is 1.48. The molecule has 1 aromatic carbocycles. The summed E-state index contributed by atoms with van der Waals surface area (Å²) in [6, 6.07) is 8.29. The number of para-hydroxylation sites is 1. The molecular formula is C22H29N3OS. The van der Waals surface area contributed by atoms with Gasteiger partial charge < -0.3 is 4.90 Å². The van der Waals surface area contributed by atoms with Crippen LogP contribution in [0.1, 0.15) is 37.6 Å². The SMILES string of the molecule is CC(C)CN1CCN(C(=O)C2CC=CCC2c2nc3ccccc3s2)CC1. The minimum atomic E-state index is 0.0345. The summed E-state index contributed by atoms with van der Waals surface area (Å²) < 4.78 is 1.22. The molecule has 2 atom stereocenters. The largest absolute Gasteiger partial charge is 0.340 e. The quantitative estimate of drug-likeness (QED) is 0.744. The van der Waals surface area contributed by atoms with Gasteiger partial charge in [0.15, 0.2) is 0 Å². The van der Waals surface area contributed by atoms with E-state index in [4.69, 9.17) is 4.98 Å². The zero-order chi connectivity index (χ0) is 18.8. The van der Waals surface area contributed by atoms with Crippen LogP contribution in [-0.2, 0) is 4.79 Å². The van der Waals surface area contributed by atoms with E-state index in [-0.39, 0.29) is 11.8 Å². The third kappa shape index (κ3) is 4.09. The van der Waals surface area contributed by atoms with Gasteiger partial charge in [0, 0.05) is 38.6 Å². The van der Waals surface area contributed by atoms with Crippen molar-refractivity contribution in [2.45, 2.75) is 32.6 Å². The molecular weight excluding hydrogens is 354 g/mol. The Bertz CT molecular complexity index is 787. The Hall–Kier alpha value is -1.72. The van der Waals surface area contributed by atoms with E-state index >= 15 is 0 Å². The van der Waals surface area contributed by atoms with Crippen LogP contribution in [0.2, 0.25) is 0 Å². The van der Waals surface area contributed by atoms with Crippen molar-refractivity contribution in [3.05, 3.63) is 41.4 Å². The molecule has 2 unspecified atom stereocenters. The van der Waals surface area contributed by atoms with E-state index in [9.17, 15) is 4.79 Å². The Kier molecular flexibility index (Phi) is 5.60. The lowest BCUT2D eigenvalue weighted by Crippen LogP contribution is -2.51. The first-order valence-corrected chi connectivity index (χ1v) is 10.9. The molecule has 27 heavy (non-hydrogen) atoms. The van der Waals surface area contributed by atoms with Gasteiger partial charge in [0.25, 0.3) is 0 Å². The lowest BCUT2D eigenvalue weighted by Gasteiger charge is -2.38. The van der Waals surface area contributed by atoms with Crippen molar-refractivity contribution in [1.29, 1.82) is 0 Å². The van der Waals surface area contributed by atoms with Gasteiger partial charge in [-0.15, -0.1) is 11.3 Å². The maximum Gasteiger partial charge on any atom is 0.226 e. The number of hydrogen-bond donors (Lipinski definition) is 0. The number of aromatic nitrogens is 1. The van der Waals surface area contributed by atoms with Gasteiger partial charge in [0.1, 0.15) is 0 Å². The number of nitrogens with zero attached hydrogens (tertiary/aromatic N) is 3. The number of carbonyl (C=O) groups excluding carboxylic acids is 1. The highest BCUT2D eigenvalue weighted by Crippen LogP contribution is 2.39. The fourth-order valence-electron chi connectivity index (χ4n) is 4.31. The molecule has 0 bridgehead atoms. The number of amides is 1. The number of carbonyl (C=O) groups is 1. The predicted octanol–water partition coefficient (Wildman–Crippen LogP) is 4.15. The van der Waals surface area contributed by atoms with E-state index in [2.05, 4.69) is 54.0 Å². The van der Waals surface area contributed by atoms with E-state index < -0.39 is 0 Å². The van der Waals surface area contributed by atoms with Crippen LogP contribution in [0, 0.1) is 11.8 Å². The van der Waals surface area contributed by atoms with Crippen molar-refractivity contribution < 1.29 is 4.79 Å². The Morgan fingerprint density at radius 2 is 1.89 bits per heavy atom. The number of rotatable bonds is 4. The molecule has 1 fully saturated rings. The number of fused-ring (bicyclic) bond motifs is 1. The molecule has 1 aromatic heterocycles. The molecule has 144 valence electrons. The van der Waals surface area contributed by atoms with Gasteiger partial charge >= 0.3 is 0 Å². The predicted molar refractivity (Wildman–Crippen MR) is 112 cm³/mol. The van der Waals surface area contributed by atoms with Crippen LogP contribution in [-0.4, -0.2) is 53.4 Å². The van der Waals surface area contributed by atoms with E-state index in [1.807, 2.05) is 6.07 Å². The highest BCUT2D eigenvalue weighted by atomic mass is 32.1. The molecule has 1 aliphatic heterocycles. The first kappa shape index (κ1) is 18.6. The maximum atomic E-state index is 13.3. The maximum absolute atomic E-state index is 13.3. The molecule has 1 aliphatic carbocycles. The van der Waals surface area contributed by atoms with Crippen molar-refractivity contribution in [1.82, 2.24) is 14.8 Å². The summed E-state index contributed by atoms with van der Waals surface area (Å²) in [5.41, 5.74) is 1.06. The fraction of sp³-hybridized carbons (Fsp3) is 0.545. The van der Waals surface area contributed by atoms with Gasteiger partial charge in [-0.1, -0.05) is 38.1 Å². The standard InChI is InChI=1S/C22H29N3OS/c1-16(2)15-24-11-13-25(14-12-24)22(26)18-8-4-3-7-17(18)21-23-19-9-5-6-10-20(19)27-21/h3-6,9-10,16-18H,7-8,11-15H2,1-2H3. The number of benzene rings is 1. The van der Waals surface area contributed by atoms with Crippen LogP contribution in [0.25, 0.3) is 10.2 Å². The molecule has 0 saturated carbocycles. The highest BCUT2D eigenvalue weighted by Gasteiger charge is 2.35. The molecule has 4 rings (SSSR count). The molecule has 0 N–H and O–H groups in total. The zero-order valence-electron chi connectivity index (χ0n) is 16.3. The van der Waals surface area contributed by atoms with Crippen molar-refractivity contribution in [2.75, 3.05) is 32.7 Å². The van der Waals surface area contributed by atoms with E-state index in [1.165, 1.54) is 4.70 Å². The van der Waals surface area contributed by atoms with Gasteiger partial charge in [-0.3, -0.25) is 9.69 Å². The Morgan fingerprint density at radius 3 is 2.63 bits per heavy atom. The van der Waals surface area contributed by atoms with Crippen molar-refractivity contribution in [3.8, 4) is 0 Å². The molecule has 1 amide bonds. The summed E-state index contributed by atoms with van der Waals surface area (Å²) in [6.45, 7) is 9.36. The number of thiazole rings is 1. The summed E-state index contributed by atoms with van der Waals surface area (Å²) in [7, 11) is 0. The van der Waals surface area contributed by atoms with E-state index in [0.717, 1.165) is 56.1 Å². The lowest BCUT2D eigenvalue weighted by molar-refractivity contribution is -0.138. The number of hydrogen-bond acceptors (Lipinski definition) is 4. The van der Waals surface area contributed by atoms with Gasteiger partial charge in [0.05, 0.1) is 21.1 Å². The molecule has 2 heterocycles. The van der Waals surface area contributed by atoms with Crippen molar-refractivity contribution in [3.63, 3.8) is 0 Å². The molecule has 4 nitrogen and oxygen atoms in total. The molecule has 1 saturated heterocycles. The van der Waals surface area contributed by atoms with Crippen molar-refractivity contribution >= 4 is 27.5 Å². The highest BCUT2D eigenvalue weighted by molar-refractivity contribution is 7.18. The third-order valence-corrected chi connectivity index (χ3v) is 6.85. The average molecular weight is 384 g/mol. The minimum absolute atomic E-state index is 0.0345. The number of allylic oxidation sites excluding steroid dienone is 2. The lowest BCUT2D eigenvalue weighted by atomic mass is 9.82. The second kappa shape index (κ2) is 8.11. The van der Waals surface area contributed by atoms with Gasteiger partial charge in [-0.25, -0.2) is 4.98 Å². The van der Waals surface area contributed by atoms with Gasteiger partial charge in [0.2, 0.25) is 5.91 Å². The van der Waals surface area contributed by atoms with E-state index in [1.54, 1.807) is 11.3 Å². The van der Waals surface area contributed by atoms with Crippen LogP contribution >= 0.6 is 11.3 Å². The van der Waals surface area contributed by atoms with Crippen LogP contribution < -0.4 is 0 Å². The summed E-state index contributed by atoms with van der Waals surface area (Å²) in [5.74, 6) is 1.26. The van der Waals surface area contributed by atoms with Crippen LogP contribution in [0.5, 0.6) is 0 Å². The van der Waals surface area contributed by atoms with Gasteiger partial charge in [-0.2, -0.15) is 0 Å². The Morgan fingerprint density at radius 1 is 1.15 bits per heavy atom. The first-order chi connectivity index (χ1) is 13.1. The summed E-state index contributed by atoms with van der Waals surface area (Å²) in [5, 5.41) is 1.12. The molecule has 0 radical (unpaired) electrons. The van der Waals surface area contributed by atoms with Crippen LogP contribution in [0.4, 0.5) is 0 Å². The van der Waals surface area contributed by atoms with Crippen LogP contribution in [0.15, 0.2) is 36.4 Å². The first-order valence-electron chi connectivity index (χ1n) is 10.1. The smallest absolute Gasteiger partial charge is 0.226 e. The van der Waals surface area contributed by atoms with Crippen molar-refractivity contribution in [2.24, 2.45) is 11.8 Å². The second-order valence-electron chi connectivity index (χ2n) is 8.20. The molecule has 2 aromatic rings. The summed E-state index contributed by atoms with van der Waals surface area (Å²) in [6.07, 6.45) is 6.16. The van der Waals surface area contributed by atoms with Crippen LogP contribution in [0.3, 0.4) is 0 Å². The second-order valence-corrected chi connectivity index (χ2v) is 9.26. The fourth-order valence-corrected chi connectivity index (χ4v) is 5.46. The summed E-state index contributed by atoms with van der Waals surface area (Å²) in [4.78, 5) is 22.8. The number of piperazine rings is 1. The van der Waals surface area contributed by atoms with E-state index in [0.29, 0.717) is 11.8 Å². The molecule has 5 heteroatoms. The average Bonchev–Trinajstić information content (AvgIpc) is 3.12. The normalized spacial score (nSPS) is 24.0. The minimum Gasteiger partial charge on any atom is -0.340 e. The molecule has 0 spiro atoms. The summed E-state index contributed by atoms with van der Waals surface area (Å²) >= 11 is 1.75. The zero-order valence-corrected chi connectivity index (χ0v) is 17.1. The molecule has 2 aliphatic rings. The Labute approximate surface area is 165 Å².